The van der Waals surface area contributed by atoms with E-state index >= 15 is 0 Å². The van der Waals surface area contributed by atoms with Crippen LogP contribution in [0.3, 0.4) is 0 Å². The average molecular weight is 488 g/mol. The second kappa shape index (κ2) is 9.90. The Morgan fingerprint density at radius 1 is 0.914 bits per heavy atom. The third-order valence-electron chi connectivity index (χ3n) is 6.24. The molecule has 6 nitrogen and oxygen atoms in total. The van der Waals surface area contributed by atoms with E-state index in [1.807, 2.05) is 0 Å². The molecule has 0 amide bonds. The number of hydrogen-bond acceptors (Lipinski definition) is 7. The van der Waals surface area contributed by atoms with Crippen LogP contribution in [0.1, 0.15) is 28.8 Å². The van der Waals surface area contributed by atoms with E-state index in [4.69, 9.17) is 4.74 Å². The Balaban J connectivity index is 1.36. The summed E-state index contributed by atoms with van der Waals surface area (Å²) >= 11 is 1.44. The van der Waals surface area contributed by atoms with Gasteiger partial charge in [0.2, 0.25) is 0 Å². The molecule has 1 fully saturated rings. The molecule has 4 aromatic rings. The van der Waals surface area contributed by atoms with Gasteiger partial charge in [0.15, 0.2) is 5.78 Å². The molecule has 0 bridgehead atoms. The summed E-state index contributed by atoms with van der Waals surface area (Å²) in [5.41, 5.74) is 1.94. The van der Waals surface area contributed by atoms with E-state index in [0.29, 0.717) is 42.1 Å². The number of thiophene rings is 1. The van der Waals surface area contributed by atoms with Crippen LogP contribution in [0.15, 0.2) is 66.7 Å². The SMILES string of the molecule is O=C1CCN(CCOc2ccc(C(=O)c3c(-c4ccc(O)cc4)sc4cc(O)ccc34)cc2)CC1. The minimum Gasteiger partial charge on any atom is -0.508 e. The van der Waals surface area contributed by atoms with Gasteiger partial charge in [-0.05, 0) is 72.3 Å². The van der Waals surface area contributed by atoms with Crippen LogP contribution in [0.5, 0.6) is 17.2 Å². The summed E-state index contributed by atoms with van der Waals surface area (Å²) in [5, 5.41) is 20.4. The van der Waals surface area contributed by atoms with Gasteiger partial charge in [0.1, 0.15) is 29.6 Å². The van der Waals surface area contributed by atoms with Crippen molar-refractivity contribution in [3.8, 4) is 27.7 Å². The smallest absolute Gasteiger partial charge is 0.195 e. The molecule has 1 saturated heterocycles. The highest BCUT2D eigenvalue weighted by Gasteiger charge is 2.22. The Morgan fingerprint density at radius 2 is 1.60 bits per heavy atom. The van der Waals surface area contributed by atoms with E-state index in [-0.39, 0.29) is 17.3 Å². The molecule has 178 valence electrons. The molecule has 0 radical (unpaired) electrons. The van der Waals surface area contributed by atoms with Crippen LogP contribution < -0.4 is 4.74 Å². The lowest BCUT2D eigenvalue weighted by atomic mass is 9.97. The van der Waals surface area contributed by atoms with Crippen LogP contribution in [0.4, 0.5) is 0 Å². The fraction of sp³-hybridized carbons (Fsp3) is 0.214. The highest BCUT2D eigenvalue weighted by Crippen LogP contribution is 2.41. The number of rotatable bonds is 7. The maximum Gasteiger partial charge on any atom is 0.195 e. The number of ether oxygens (including phenoxy) is 1. The van der Waals surface area contributed by atoms with E-state index in [1.54, 1.807) is 66.7 Å². The normalized spacial score (nSPS) is 14.3. The Morgan fingerprint density at radius 3 is 2.31 bits per heavy atom. The Hall–Kier alpha value is -3.68. The van der Waals surface area contributed by atoms with Crippen LogP contribution in [-0.4, -0.2) is 52.9 Å². The lowest BCUT2D eigenvalue weighted by Crippen LogP contribution is -2.36. The average Bonchev–Trinajstić information content (AvgIpc) is 3.24. The van der Waals surface area contributed by atoms with E-state index in [9.17, 15) is 19.8 Å². The first-order chi connectivity index (χ1) is 17.0. The molecule has 0 spiro atoms. The molecular formula is C28H25NO5S. The van der Waals surface area contributed by atoms with Crippen molar-refractivity contribution in [1.29, 1.82) is 0 Å². The molecule has 0 atom stereocenters. The summed E-state index contributed by atoms with van der Waals surface area (Å²) in [6, 6.07) is 18.9. The molecule has 5 rings (SSSR count). The van der Waals surface area contributed by atoms with Crippen LogP contribution in [0.25, 0.3) is 20.5 Å². The molecule has 7 heteroatoms. The molecule has 1 aliphatic rings. The van der Waals surface area contributed by atoms with Crippen molar-refractivity contribution in [1.82, 2.24) is 4.90 Å². The van der Waals surface area contributed by atoms with Crippen molar-refractivity contribution in [2.45, 2.75) is 12.8 Å². The fourth-order valence-corrected chi connectivity index (χ4v) is 5.53. The van der Waals surface area contributed by atoms with Crippen molar-refractivity contribution >= 4 is 33.0 Å². The highest BCUT2D eigenvalue weighted by atomic mass is 32.1. The molecule has 1 aromatic heterocycles. The number of likely N-dealkylation sites (tertiary alicyclic amines) is 1. The Labute approximate surface area is 207 Å². The van der Waals surface area contributed by atoms with E-state index < -0.39 is 0 Å². The zero-order valence-corrected chi connectivity index (χ0v) is 19.9. The quantitative estimate of drug-likeness (QED) is 0.346. The lowest BCUT2D eigenvalue weighted by Gasteiger charge is -2.25. The van der Waals surface area contributed by atoms with Crippen LogP contribution in [-0.2, 0) is 4.79 Å². The molecule has 1 aliphatic heterocycles. The van der Waals surface area contributed by atoms with Crippen molar-refractivity contribution in [2.24, 2.45) is 0 Å². The van der Waals surface area contributed by atoms with Gasteiger partial charge in [-0.15, -0.1) is 11.3 Å². The number of carbonyl (C=O) groups excluding carboxylic acids is 2. The van der Waals surface area contributed by atoms with E-state index in [2.05, 4.69) is 4.90 Å². The second-order valence-corrected chi connectivity index (χ2v) is 9.67. The van der Waals surface area contributed by atoms with Gasteiger partial charge < -0.3 is 14.9 Å². The Bertz CT molecular complexity index is 1370. The Kier molecular flexibility index (Phi) is 6.53. The number of phenols is 2. The summed E-state index contributed by atoms with van der Waals surface area (Å²) < 4.78 is 6.68. The maximum atomic E-state index is 13.6. The van der Waals surface area contributed by atoms with Gasteiger partial charge in [0.25, 0.3) is 0 Å². The number of fused-ring (bicyclic) bond motifs is 1. The van der Waals surface area contributed by atoms with Crippen LogP contribution in [0, 0.1) is 0 Å². The highest BCUT2D eigenvalue weighted by molar-refractivity contribution is 7.22. The zero-order valence-electron chi connectivity index (χ0n) is 19.1. The molecule has 2 heterocycles. The number of piperidine rings is 1. The van der Waals surface area contributed by atoms with Crippen molar-refractivity contribution in [3.63, 3.8) is 0 Å². The van der Waals surface area contributed by atoms with Crippen LogP contribution >= 0.6 is 11.3 Å². The summed E-state index contributed by atoms with van der Waals surface area (Å²) in [7, 11) is 0. The molecule has 0 saturated carbocycles. The molecule has 2 N–H and O–H groups in total. The summed E-state index contributed by atoms with van der Waals surface area (Å²) in [4.78, 5) is 28.0. The molecule has 0 unspecified atom stereocenters. The number of benzene rings is 3. The van der Waals surface area contributed by atoms with Gasteiger partial charge in [-0.1, -0.05) is 0 Å². The van der Waals surface area contributed by atoms with Gasteiger partial charge in [0.05, 0.1) is 0 Å². The largest absolute Gasteiger partial charge is 0.508 e. The monoisotopic (exact) mass is 487 g/mol. The zero-order chi connectivity index (χ0) is 24.4. The van der Waals surface area contributed by atoms with Gasteiger partial charge in [-0.25, -0.2) is 0 Å². The topological polar surface area (TPSA) is 87.1 Å². The summed E-state index contributed by atoms with van der Waals surface area (Å²) in [6.45, 7) is 2.85. The predicted molar refractivity (Wildman–Crippen MR) is 137 cm³/mol. The number of aromatic hydroxyl groups is 2. The number of phenolic OH excluding ortho intramolecular Hbond substituents is 2. The minimum atomic E-state index is -0.116. The van der Waals surface area contributed by atoms with Gasteiger partial charge in [-0.2, -0.15) is 0 Å². The van der Waals surface area contributed by atoms with Gasteiger partial charge in [0, 0.05) is 58.6 Å². The first-order valence-corrected chi connectivity index (χ1v) is 12.4. The molecule has 35 heavy (non-hydrogen) atoms. The fourth-order valence-electron chi connectivity index (χ4n) is 4.29. The van der Waals surface area contributed by atoms with Crippen LogP contribution in [0.2, 0.25) is 0 Å². The molecule has 3 aromatic carbocycles. The molecule has 0 aliphatic carbocycles. The van der Waals surface area contributed by atoms with E-state index in [0.717, 1.165) is 40.2 Å². The third-order valence-corrected chi connectivity index (χ3v) is 7.44. The van der Waals surface area contributed by atoms with Crippen molar-refractivity contribution in [3.05, 3.63) is 77.9 Å². The third kappa shape index (κ3) is 5.06. The summed E-state index contributed by atoms with van der Waals surface area (Å²) in [5.74, 6) is 1.20. The standard InChI is InChI=1S/C28H25NO5S/c30-20-5-1-19(2-6-20)28-26(24-10-7-22(32)17-25(24)35-28)27(33)18-3-8-23(9-4-18)34-16-15-29-13-11-21(31)12-14-29/h1-10,17,30,32H,11-16H2. The van der Waals surface area contributed by atoms with Crippen molar-refractivity contribution < 1.29 is 24.5 Å². The number of carbonyl (C=O) groups is 2. The minimum absolute atomic E-state index is 0.116. The first-order valence-electron chi connectivity index (χ1n) is 11.5. The lowest BCUT2D eigenvalue weighted by molar-refractivity contribution is -0.121. The van der Waals surface area contributed by atoms with E-state index in [1.165, 1.54) is 11.3 Å². The maximum absolute atomic E-state index is 13.6. The second-order valence-electron chi connectivity index (χ2n) is 8.62. The first kappa shape index (κ1) is 23.1. The molecular weight excluding hydrogens is 462 g/mol. The number of ketones is 2. The number of nitrogens with zero attached hydrogens (tertiary/aromatic N) is 1. The van der Waals surface area contributed by atoms with Gasteiger partial charge in [-0.3, -0.25) is 14.5 Å². The number of Topliss-reactive ketones (excluding diaryl/α,β-unsaturated/α-hetero) is 1. The number of hydrogen-bond donors (Lipinski definition) is 2. The van der Waals surface area contributed by atoms with Gasteiger partial charge >= 0.3 is 0 Å². The summed E-state index contributed by atoms with van der Waals surface area (Å²) in [6.07, 6.45) is 1.22. The predicted octanol–water partition coefficient (Wildman–Crippen LogP) is 5.25. The van der Waals surface area contributed by atoms with Crippen molar-refractivity contribution in [2.75, 3.05) is 26.2 Å².